The molecule has 0 heterocycles. The van der Waals surface area contributed by atoms with Crippen molar-refractivity contribution in [2.75, 3.05) is 6.61 Å². The number of carbonyl (C=O) groups is 1. The Kier molecular flexibility index (Phi) is 6.97. The Morgan fingerprint density at radius 3 is 2.64 bits per heavy atom. The molecule has 0 aromatic heterocycles. The Balaban J connectivity index is 2.66. The summed E-state index contributed by atoms with van der Waals surface area (Å²) < 4.78 is 42.4. The number of carbonyl (C=O) groups excluding carboxylic acids is 1. The maximum absolute atomic E-state index is 13.7. The summed E-state index contributed by atoms with van der Waals surface area (Å²) in [6, 6.07) is 2.62. The molecule has 0 saturated carbocycles. The van der Waals surface area contributed by atoms with Crippen molar-refractivity contribution in [3.8, 4) is 5.75 Å². The number of nitrogens with one attached hydrogen (secondary N) is 2. The second kappa shape index (κ2) is 8.47. The van der Waals surface area contributed by atoms with Crippen molar-refractivity contribution in [2.24, 2.45) is 5.92 Å². The lowest BCUT2D eigenvalue weighted by molar-refractivity contribution is -0.0506. The van der Waals surface area contributed by atoms with Crippen LogP contribution in [0.3, 0.4) is 0 Å². The third kappa shape index (κ3) is 5.44. The van der Waals surface area contributed by atoms with Crippen molar-refractivity contribution in [2.45, 2.75) is 33.0 Å². The number of alkyl halides is 2. The van der Waals surface area contributed by atoms with E-state index in [1.807, 2.05) is 0 Å². The largest absolute Gasteiger partial charge is 0.434 e. The Hall–Kier alpha value is -1.96. The van der Waals surface area contributed by atoms with Gasteiger partial charge in [0.05, 0.1) is 6.54 Å². The maximum Gasteiger partial charge on any atom is 0.387 e. The van der Waals surface area contributed by atoms with Crippen LogP contribution in [0.5, 0.6) is 5.75 Å². The lowest BCUT2D eigenvalue weighted by Gasteiger charge is -2.20. The Morgan fingerprint density at radius 1 is 1.36 bits per heavy atom. The van der Waals surface area contributed by atoms with Crippen molar-refractivity contribution in [3.05, 3.63) is 29.6 Å². The summed E-state index contributed by atoms with van der Waals surface area (Å²) in [4.78, 5) is 11.7. The van der Waals surface area contributed by atoms with Crippen molar-refractivity contribution in [3.63, 3.8) is 0 Å². The van der Waals surface area contributed by atoms with Gasteiger partial charge in [0.1, 0.15) is 11.6 Å². The molecule has 0 spiro atoms. The Morgan fingerprint density at radius 2 is 2.05 bits per heavy atom. The zero-order valence-corrected chi connectivity index (χ0v) is 12.3. The molecule has 0 aliphatic carbocycles. The molecule has 1 rings (SSSR count). The molecule has 2 amide bonds. The van der Waals surface area contributed by atoms with Crippen molar-refractivity contribution >= 4 is 6.03 Å². The molecule has 3 N–H and O–H groups in total. The molecular formula is C14H19F3N2O3. The number of aliphatic hydroxyl groups is 1. The van der Waals surface area contributed by atoms with Gasteiger partial charge in [-0.1, -0.05) is 13.0 Å². The molecule has 0 aliphatic rings. The first-order chi connectivity index (χ1) is 10.3. The van der Waals surface area contributed by atoms with Gasteiger partial charge < -0.3 is 20.5 Å². The number of hydrogen-bond acceptors (Lipinski definition) is 3. The van der Waals surface area contributed by atoms with Crippen LogP contribution in [0.1, 0.15) is 19.4 Å². The third-order valence-corrected chi connectivity index (χ3v) is 3.22. The molecule has 0 saturated heterocycles. The number of ether oxygens (including phenoxy) is 1. The number of hydrogen-bond donors (Lipinski definition) is 3. The minimum Gasteiger partial charge on any atom is -0.434 e. The number of urea groups is 1. The smallest absolute Gasteiger partial charge is 0.387 e. The highest BCUT2D eigenvalue weighted by atomic mass is 19.3. The summed E-state index contributed by atoms with van der Waals surface area (Å²) in [5, 5.41) is 13.9. The van der Waals surface area contributed by atoms with Gasteiger partial charge in [-0.3, -0.25) is 0 Å². The predicted molar refractivity (Wildman–Crippen MR) is 74.1 cm³/mol. The van der Waals surface area contributed by atoms with Gasteiger partial charge in [-0.15, -0.1) is 0 Å². The highest BCUT2D eigenvalue weighted by molar-refractivity contribution is 5.74. The lowest BCUT2D eigenvalue weighted by atomic mass is 10.1. The molecule has 2 atom stereocenters. The second-order valence-corrected chi connectivity index (χ2v) is 4.87. The van der Waals surface area contributed by atoms with Gasteiger partial charge in [0.2, 0.25) is 0 Å². The molecule has 0 fully saturated rings. The van der Waals surface area contributed by atoms with Crippen molar-refractivity contribution in [1.29, 1.82) is 0 Å². The van der Waals surface area contributed by atoms with Crippen LogP contribution in [0.25, 0.3) is 0 Å². The molecule has 0 radical (unpaired) electrons. The van der Waals surface area contributed by atoms with E-state index in [2.05, 4.69) is 15.4 Å². The van der Waals surface area contributed by atoms with Crippen LogP contribution in [0, 0.1) is 11.7 Å². The van der Waals surface area contributed by atoms with Crippen LogP contribution in [0.2, 0.25) is 0 Å². The second-order valence-electron chi connectivity index (χ2n) is 4.87. The molecule has 8 heteroatoms. The fraction of sp³-hybridized carbons (Fsp3) is 0.500. The van der Waals surface area contributed by atoms with E-state index >= 15 is 0 Å². The van der Waals surface area contributed by atoms with Crippen LogP contribution in [0.15, 0.2) is 18.2 Å². The standard InChI is InChI=1S/C14H19F3N2O3/c1-8(7-20)9(2)19-14(21)18-6-10-11(15)4-3-5-12(10)22-13(16)17/h3-5,8-9,13,20H,6-7H2,1-2H3,(H2,18,19,21). The maximum atomic E-state index is 13.7. The molecular weight excluding hydrogens is 301 g/mol. The highest BCUT2D eigenvalue weighted by Crippen LogP contribution is 2.23. The number of amides is 2. The topological polar surface area (TPSA) is 70.6 Å². The predicted octanol–water partition coefficient (Wildman–Crippen LogP) is 2.24. The average Bonchev–Trinajstić information content (AvgIpc) is 2.45. The SMILES string of the molecule is CC(CO)C(C)NC(=O)NCc1c(F)cccc1OC(F)F. The normalized spacial score (nSPS) is 13.6. The fourth-order valence-corrected chi connectivity index (χ4v) is 1.64. The Labute approximate surface area is 126 Å². The van der Waals surface area contributed by atoms with E-state index in [0.29, 0.717) is 0 Å². The van der Waals surface area contributed by atoms with Crippen LogP contribution in [-0.2, 0) is 6.54 Å². The summed E-state index contributed by atoms with van der Waals surface area (Å²) >= 11 is 0. The summed E-state index contributed by atoms with van der Waals surface area (Å²) in [6.45, 7) is -0.0347. The number of halogens is 3. The molecule has 124 valence electrons. The van der Waals surface area contributed by atoms with E-state index in [0.717, 1.165) is 6.07 Å². The van der Waals surface area contributed by atoms with E-state index in [1.54, 1.807) is 13.8 Å². The summed E-state index contributed by atoms with van der Waals surface area (Å²) in [5.74, 6) is -1.24. The van der Waals surface area contributed by atoms with Crippen LogP contribution < -0.4 is 15.4 Å². The zero-order chi connectivity index (χ0) is 16.7. The number of benzene rings is 1. The molecule has 22 heavy (non-hydrogen) atoms. The summed E-state index contributed by atoms with van der Waals surface area (Å²) in [7, 11) is 0. The van der Waals surface area contributed by atoms with Crippen molar-refractivity contribution in [1.82, 2.24) is 10.6 Å². The van der Waals surface area contributed by atoms with Crippen LogP contribution >= 0.6 is 0 Å². The van der Waals surface area contributed by atoms with Gasteiger partial charge in [0.25, 0.3) is 0 Å². The van der Waals surface area contributed by atoms with Gasteiger partial charge in [-0.05, 0) is 25.0 Å². The van der Waals surface area contributed by atoms with Crippen LogP contribution in [-0.4, -0.2) is 30.4 Å². The van der Waals surface area contributed by atoms with E-state index in [4.69, 9.17) is 5.11 Å². The number of rotatable bonds is 7. The fourth-order valence-electron chi connectivity index (χ4n) is 1.64. The van der Waals surface area contributed by atoms with E-state index in [-0.39, 0.29) is 36.4 Å². The molecule has 1 aromatic rings. The molecule has 1 aromatic carbocycles. The molecule has 2 unspecified atom stereocenters. The van der Waals surface area contributed by atoms with Gasteiger partial charge in [0.15, 0.2) is 0 Å². The minimum absolute atomic E-state index is 0.0961. The first kappa shape index (κ1) is 18.1. The highest BCUT2D eigenvalue weighted by Gasteiger charge is 2.16. The van der Waals surface area contributed by atoms with Gasteiger partial charge in [0, 0.05) is 18.2 Å². The first-order valence-corrected chi connectivity index (χ1v) is 6.72. The van der Waals surface area contributed by atoms with E-state index in [1.165, 1.54) is 12.1 Å². The summed E-state index contributed by atoms with van der Waals surface area (Å²) in [5.41, 5.74) is -0.166. The molecule has 0 aliphatic heterocycles. The first-order valence-electron chi connectivity index (χ1n) is 6.72. The quantitative estimate of drug-likeness (QED) is 0.721. The summed E-state index contributed by atoms with van der Waals surface area (Å²) in [6.07, 6.45) is 0. The monoisotopic (exact) mass is 320 g/mol. The minimum atomic E-state index is -3.08. The van der Waals surface area contributed by atoms with Crippen LogP contribution in [0.4, 0.5) is 18.0 Å². The zero-order valence-electron chi connectivity index (χ0n) is 12.3. The van der Waals surface area contributed by atoms with Gasteiger partial charge in [-0.25, -0.2) is 9.18 Å². The molecule has 0 bridgehead atoms. The lowest BCUT2D eigenvalue weighted by Crippen LogP contribution is -2.44. The Bertz CT molecular complexity index is 500. The van der Waals surface area contributed by atoms with Gasteiger partial charge >= 0.3 is 12.6 Å². The van der Waals surface area contributed by atoms with E-state index < -0.39 is 18.5 Å². The number of aliphatic hydroxyl groups excluding tert-OH is 1. The molecule has 5 nitrogen and oxygen atoms in total. The van der Waals surface area contributed by atoms with E-state index in [9.17, 15) is 18.0 Å². The van der Waals surface area contributed by atoms with Gasteiger partial charge in [-0.2, -0.15) is 8.78 Å². The average molecular weight is 320 g/mol. The third-order valence-electron chi connectivity index (χ3n) is 3.22. The van der Waals surface area contributed by atoms with Crippen molar-refractivity contribution < 1.29 is 27.8 Å².